The summed E-state index contributed by atoms with van der Waals surface area (Å²) in [5.41, 5.74) is 8.26. The Morgan fingerprint density at radius 1 is 0.476 bits per heavy atom. The number of aryl methyl sites for hydroxylation is 2. The van der Waals surface area contributed by atoms with Gasteiger partial charge in [0.25, 0.3) is 0 Å². The summed E-state index contributed by atoms with van der Waals surface area (Å²) < 4.78 is 0. The molecule has 0 aromatic heterocycles. The van der Waals surface area contributed by atoms with Crippen molar-refractivity contribution in [2.75, 3.05) is 0 Å². The Morgan fingerprint density at radius 2 is 1.05 bits per heavy atom. The lowest BCUT2D eigenvalue weighted by Crippen LogP contribution is -1.97. The number of halogens is 2. The molecule has 8 rings (SSSR count). The molecule has 0 spiro atoms. The quantitative estimate of drug-likeness (QED) is 0.203. The highest BCUT2D eigenvalue weighted by Crippen LogP contribution is 2.42. The van der Waals surface area contributed by atoms with Crippen LogP contribution in [0.25, 0.3) is 43.8 Å². The average Bonchev–Trinajstić information content (AvgIpc) is 3.57. The Morgan fingerprint density at radius 3 is 1.69 bits per heavy atom. The van der Waals surface area contributed by atoms with Crippen LogP contribution in [0.4, 0.5) is 0 Å². The molecule has 0 bridgehead atoms. The highest BCUT2D eigenvalue weighted by Gasteiger charge is 2.27. The van der Waals surface area contributed by atoms with Crippen molar-refractivity contribution in [3.05, 3.63) is 141 Å². The Kier molecular flexibility index (Phi) is 6.90. The normalized spacial score (nSPS) is 13.7. The first-order valence-corrected chi connectivity index (χ1v) is 14.9. The molecule has 0 fully saturated rings. The maximum Gasteiger partial charge on any atom is 0.164 e. The van der Waals surface area contributed by atoms with Gasteiger partial charge in [0.15, 0.2) is 11.6 Å². The van der Waals surface area contributed by atoms with Gasteiger partial charge in [-0.05, 0) is 69.5 Å². The molecular formula is C38H26Cl2O2. The number of hydrogen-bond acceptors (Lipinski definition) is 2. The SMILES string of the molecule is O=C1CCc2cc3cc(Cl)ccc3c(-c3ccccc3)c21.O=C1CCc2cc3cccc(Cl)c3c(-c3ccccc3)c21. The molecular weight excluding hydrogens is 559 g/mol. The predicted octanol–water partition coefficient (Wildman–Crippen LogP) is 10.6. The standard InChI is InChI=1S/2C19H13ClO/c20-15-8-4-7-13-11-14-9-10-16(21)18(14)19(17(13)15)12-5-2-1-3-6-12;20-15-7-8-16-14(11-15)10-13-6-9-17(21)19(13)18(16)12-4-2-1-3-5-12/h1-8,11H,9-10H2;1-5,7-8,10-11H,6,9H2. The number of benzene rings is 6. The van der Waals surface area contributed by atoms with Gasteiger partial charge in [0.1, 0.15) is 0 Å². The van der Waals surface area contributed by atoms with E-state index in [1.54, 1.807) is 0 Å². The van der Waals surface area contributed by atoms with E-state index < -0.39 is 0 Å². The summed E-state index contributed by atoms with van der Waals surface area (Å²) in [5, 5.41) is 5.73. The molecule has 0 heterocycles. The molecule has 0 aliphatic heterocycles. The number of fused-ring (bicyclic) bond motifs is 4. The molecule has 42 heavy (non-hydrogen) atoms. The maximum atomic E-state index is 12.4. The van der Waals surface area contributed by atoms with Crippen molar-refractivity contribution in [1.29, 1.82) is 0 Å². The molecule has 6 aromatic carbocycles. The van der Waals surface area contributed by atoms with Crippen molar-refractivity contribution < 1.29 is 9.59 Å². The largest absolute Gasteiger partial charge is 0.294 e. The molecule has 0 radical (unpaired) electrons. The number of carbonyl (C=O) groups is 2. The van der Waals surface area contributed by atoms with Crippen molar-refractivity contribution in [2.45, 2.75) is 25.7 Å². The van der Waals surface area contributed by atoms with Gasteiger partial charge in [-0.25, -0.2) is 0 Å². The number of carbonyl (C=O) groups excluding carboxylic acids is 2. The van der Waals surface area contributed by atoms with Gasteiger partial charge in [-0.2, -0.15) is 0 Å². The Balaban J connectivity index is 0.000000137. The average molecular weight is 586 g/mol. The van der Waals surface area contributed by atoms with Crippen LogP contribution in [0, 0.1) is 0 Å². The highest BCUT2D eigenvalue weighted by atomic mass is 35.5. The van der Waals surface area contributed by atoms with Gasteiger partial charge in [-0.15, -0.1) is 0 Å². The summed E-state index contributed by atoms with van der Waals surface area (Å²) in [6.07, 6.45) is 2.87. The van der Waals surface area contributed by atoms with Gasteiger partial charge < -0.3 is 0 Å². The van der Waals surface area contributed by atoms with Crippen LogP contribution in [0.2, 0.25) is 10.0 Å². The fraction of sp³-hybridized carbons (Fsp3) is 0.105. The fourth-order valence-electron chi connectivity index (χ4n) is 6.48. The third-order valence-corrected chi connectivity index (χ3v) is 8.86. The lowest BCUT2D eigenvalue weighted by atomic mass is 9.90. The monoisotopic (exact) mass is 584 g/mol. The third kappa shape index (κ3) is 4.61. The minimum atomic E-state index is 0.227. The van der Waals surface area contributed by atoms with E-state index in [-0.39, 0.29) is 11.6 Å². The van der Waals surface area contributed by atoms with Crippen LogP contribution >= 0.6 is 23.2 Å². The second-order valence-corrected chi connectivity index (χ2v) is 11.7. The van der Waals surface area contributed by atoms with Gasteiger partial charge in [0.2, 0.25) is 0 Å². The lowest BCUT2D eigenvalue weighted by molar-refractivity contribution is 0.0987. The van der Waals surface area contributed by atoms with Crippen LogP contribution in [0.3, 0.4) is 0 Å². The van der Waals surface area contributed by atoms with Crippen molar-refractivity contribution in [1.82, 2.24) is 0 Å². The summed E-state index contributed by atoms with van der Waals surface area (Å²) >= 11 is 12.6. The molecule has 0 unspecified atom stereocenters. The van der Waals surface area contributed by atoms with E-state index in [2.05, 4.69) is 30.3 Å². The molecule has 0 amide bonds. The lowest BCUT2D eigenvalue weighted by Gasteiger charge is -2.14. The van der Waals surface area contributed by atoms with Crippen molar-refractivity contribution in [3.8, 4) is 22.3 Å². The molecule has 2 aliphatic carbocycles. The van der Waals surface area contributed by atoms with Crippen molar-refractivity contribution in [2.24, 2.45) is 0 Å². The molecule has 0 N–H and O–H groups in total. The van der Waals surface area contributed by atoms with Gasteiger partial charge in [0, 0.05) is 50.5 Å². The van der Waals surface area contributed by atoms with Gasteiger partial charge in [-0.1, -0.05) is 114 Å². The molecule has 2 nitrogen and oxygen atoms in total. The Hall–Kier alpha value is -4.24. The van der Waals surface area contributed by atoms with Crippen LogP contribution in [-0.4, -0.2) is 11.6 Å². The van der Waals surface area contributed by atoms with Crippen LogP contribution in [0.1, 0.15) is 44.7 Å². The van der Waals surface area contributed by atoms with Crippen LogP contribution in [0.5, 0.6) is 0 Å². The third-order valence-electron chi connectivity index (χ3n) is 8.31. The fourth-order valence-corrected chi connectivity index (χ4v) is 6.94. The Labute approximate surface area is 254 Å². The predicted molar refractivity (Wildman–Crippen MR) is 174 cm³/mol. The highest BCUT2D eigenvalue weighted by molar-refractivity contribution is 6.37. The van der Waals surface area contributed by atoms with Crippen LogP contribution in [-0.2, 0) is 12.8 Å². The van der Waals surface area contributed by atoms with E-state index in [0.29, 0.717) is 17.9 Å². The van der Waals surface area contributed by atoms with Gasteiger partial charge in [-0.3, -0.25) is 9.59 Å². The number of ketones is 2. The van der Waals surface area contributed by atoms with E-state index in [9.17, 15) is 9.59 Å². The summed E-state index contributed by atoms with van der Waals surface area (Å²) in [5.74, 6) is 0.478. The van der Waals surface area contributed by atoms with E-state index in [1.165, 1.54) is 0 Å². The van der Waals surface area contributed by atoms with Gasteiger partial charge >= 0.3 is 0 Å². The van der Waals surface area contributed by atoms with E-state index in [4.69, 9.17) is 23.2 Å². The first-order valence-electron chi connectivity index (χ1n) is 14.2. The molecule has 2 aliphatic rings. The minimum Gasteiger partial charge on any atom is -0.294 e. The summed E-state index contributed by atoms with van der Waals surface area (Å²) in [7, 11) is 0. The van der Waals surface area contributed by atoms with E-state index in [1.807, 2.05) is 78.9 Å². The first-order chi connectivity index (χ1) is 20.5. The van der Waals surface area contributed by atoms with Crippen molar-refractivity contribution in [3.63, 3.8) is 0 Å². The smallest absolute Gasteiger partial charge is 0.164 e. The zero-order valence-electron chi connectivity index (χ0n) is 22.8. The van der Waals surface area contributed by atoms with E-state index >= 15 is 0 Å². The molecule has 4 heteroatoms. The van der Waals surface area contributed by atoms with Crippen LogP contribution < -0.4 is 0 Å². The van der Waals surface area contributed by atoms with Crippen molar-refractivity contribution >= 4 is 56.3 Å². The molecule has 204 valence electrons. The number of rotatable bonds is 2. The number of Topliss-reactive ketones (excluding diaryl/α,β-unsaturated/α-hetero) is 2. The summed E-state index contributed by atoms with van der Waals surface area (Å²) in [6, 6.07) is 36.3. The number of hydrogen-bond donors (Lipinski definition) is 0. The zero-order valence-corrected chi connectivity index (χ0v) is 24.3. The second kappa shape index (κ2) is 10.9. The van der Waals surface area contributed by atoms with Gasteiger partial charge in [0.05, 0.1) is 0 Å². The Bertz CT molecular complexity index is 2020. The minimum absolute atomic E-state index is 0.227. The first kappa shape index (κ1) is 26.6. The molecule has 0 atom stereocenters. The summed E-state index contributed by atoms with van der Waals surface area (Å²) in [4.78, 5) is 24.7. The zero-order chi connectivity index (χ0) is 28.8. The molecule has 6 aromatic rings. The topological polar surface area (TPSA) is 34.1 Å². The second-order valence-electron chi connectivity index (χ2n) is 10.9. The van der Waals surface area contributed by atoms with E-state index in [0.717, 1.165) is 83.9 Å². The van der Waals surface area contributed by atoms with Crippen LogP contribution in [0.15, 0.2) is 109 Å². The molecule has 0 saturated heterocycles. The molecule has 0 saturated carbocycles. The summed E-state index contributed by atoms with van der Waals surface area (Å²) in [6.45, 7) is 0. The maximum absolute atomic E-state index is 12.4.